The van der Waals surface area contributed by atoms with E-state index in [2.05, 4.69) is 21.3 Å². The Morgan fingerprint density at radius 2 is 1.73 bits per heavy atom. The monoisotopic (exact) mass is 405 g/mol. The molecule has 2 aromatic carbocycles. The molecule has 3 rings (SSSR count). The summed E-state index contributed by atoms with van der Waals surface area (Å²) in [5.41, 5.74) is 8.76. The number of amides is 3. The molecular weight excluding hydrogens is 382 g/mol. The standard InChI is InChI=1S/C22H23N5O3/c1-15-13-18(16(2)27(15)26-21(28)17-9-5-4-6-10-17)14-23-25-22(29)24-19-11-7-8-12-20(19)30-3/h4-14H,1-3H3,(H,26,28)(H2,24,25,29)/b23-14+. The molecule has 0 radical (unpaired) electrons. The van der Waals surface area contributed by atoms with Gasteiger partial charge in [0.15, 0.2) is 0 Å². The van der Waals surface area contributed by atoms with Crippen molar-refractivity contribution in [2.45, 2.75) is 13.8 Å². The Labute approximate surface area is 174 Å². The third-order valence-electron chi connectivity index (χ3n) is 4.44. The minimum atomic E-state index is -0.498. The molecular formula is C22H23N5O3. The van der Waals surface area contributed by atoms with Crippen molar-refractivity contribution in [3.8, 4) is 5.75 Å². The van der Waals surface area contributed by atoms with Gasteiger partial charge < -0.3 is 10.1 Å². The van der Waals surface area contributed by atoms with Gasteiger partial charge in [0.25, 0.3) is 5.91 Å². The van der Waals surface area contributed by atoms with Gasteiger partial charge in [-0.25, -0.2) is 10.2 Å². The van der Waals surface area contributed by atoms with Crippen LogP contribution in [0.3, 0.4) is 0 Å². The summed E-state index contributed by atoms with van der Waals surface area (Å²) in [6, 6.07) is 17.4. The summed E-state index contributed by atoms with van der Waals surface area (Å²) < 4.78 is 6.88. The molecule has 0 aliphatic heterocycles. The number of hydrogen-bond donors (Lipinski definition) is 3. The van der Waals surface area contributed by atoms with Gasteiger partial charge in [0.1, 0.15) is 5.75 Å². The lowest BCUT2D eigenvalue weighted by Gasteiger charge is -2.11. The molecule has 0 spiro atoms. The molecule has 0 saturated carbocycles. The molecule has 1 aromatic heterocycles. The topological polar surface area (TPSA) is 96.8 Å². The maximum atomic E-state index is 12.4. The van der Waals surface area contributed by atoms with Gasteiger partial charge in [-0.1, -0.05) is 30.3 Å². The van der Waals surface area contributed by atoms with Gasteiger partial charge >= 0.3 is 6.03 Å². The summed E-state index contributed by atoms with van der Waals surface area (Å²) >= 11 is 0. The number of ether oxygens (including phenoxy) is 1. The highest BCUT2D eigenvalue weighted by Gasteiger charge is 2.12. The minimum absolute atomic E-state index is 0.213. The Kier molecular flexibility index (Phi) is 6.49. The van der Waals surface area contributed by atoms with Gasteiger partial charge in [-0.15, -0.1) is 0 Å². The van der Waals surface area contributed by atoms with E-state index in [4.69, 9.17) is 4.74 Å². The van der Waals surface area contributed by atoms with Crippen molar-refractivity contribution >= 4 is 23.8 Å². The van der Waals surface area contributed by atoms with Gasteiger partial charge in [0.2, 0.25) is 0 Å². The number of benzene rings is 2. The van der Waals surface area contributed by atoms with E-state index in [-0.39, 0.29) is 5.91 Å². The van der Waals surface area contributed by atoms with Crippen LogP contribution in [0.2, 0.25) is 0 Å². The summed E-state index contributed by atoms with van der Waals surface area (Å²) in [5.74, 6) is 0.338. The van der Waals surface area contributed by atoms with Crippen LogP contribution in [-0.2, 0) is 0 Å². The Morgan fingerprint density at radius 1 is 1.03 bits per heavy atom. The van der Waals surface area contributed by atoms with E-state index in [1.807, 2.05) is 44.2 Å². The quantitative estimate of drug-likeness (QED) is 0.431. The second kappa shape index (κ2) is 9.42. The van der Waals surface area contributed by atoms with Crippen molar-refractivity contribution < 1.29 is 14.3 Å². The first-order valence-electron chi connectivity index (χ1n) is 9.28. The fourth-order valence-electron chi connectivity index (χ4n) is 2.90. The fourth-order valence-corrected chi connectivity index (χ4v) is 2.90. The lowest BCUT2D eigenvalue weighted by atomic mass is 10.2. The molecule has 0 aliphatic rings. The first-order valence-corrected chi connectivity index (χ1v) is 9.28. The Bertz CT molecular complexity index is 1070. The minimum Gasteiger partial charge on any atom is -0.495 e. The molecule has 154 valence electrons. The SMILES string of the molecule is COc1ccccc1NC(=O)N/N=C/c1cc(C)n(NC(=O)c2ccccc2)c1C. The lowest BCUT2D eigenvalue weighted by molar-refractivity contribution is 0.101. The molecule has 30 heavy (non-hydrogen) atoms. The van der Waals surface area contributed by atoms with E-state index in [9.17, 15) is 9.59 Å². The summed E-state index contributed by atoms with van der Waals surface area (Å²) in [7, 11) is 1.53. The number of methoxy groups -OCH3 is 1. The second-order valence-corrected chi connectivity index (χ2v) is 6.49. The molecule has 8 heteroatoms. The number of nitrogens with zero attached hydrogens (tertiary/aromatic N) is 2. The maximum Gasteiger partial charge on any atom is 0.339 e. The third kappa shape index (κ3) is 4.85. The number of hydrazone groups is 1. The smallest absolute Gasteiger partial charge is 0.339 e. The number of anilines is 1. The third-order valence-corrected chi connectivity index (χ3v) is 4.44. The number of para-hydroxylation sites is 2. The van der Waals surface area contributed by atoms with E-state index in [0.717, 1.165) is 17.0 Å². The molecule has 3 amide bonds. The molecule has 3 aromatic rings. The molecule has 0 aliphatic carbocycles. The number of rotatable bonds is 6. The van der Waals surface area contributed by atoms with Crippen molar-refractivity contribution in [3.05, 3.63) is 83.2 Å². The average molecular weight is 405 g/mol. The Hall–Kier alpha value is -4.07. The van der Waals surface area contributed by atoms with Crippen LogP contribution in [0.25, 0.3) is 0 Å². The van der Waals surface area contributed by atoms with Crippen LogP contribution < -0.4 is 20.9 Å². The highest BCUT2D eigenvalue weighted by molar-refractivity contribution is 6.00. The summed E-state index contributed by atoms with van der Waals surface area (Å²) in [6.07, 6.45) is 1.52. The molecule has 0 saturated heterocycles. The molecule has 1 heterocycles. The summed E-state index contributed by atoms with van der Waals surface area (Å²) in [5, 5.41) is 6.66. The van der Waals surface area contributed by atoms with E-state index in [1.165, 1.54) is 13.3 Å². The van der Waals surface area contributed by atoms with Crippen molar-refractivity contribution in [1.29, 1.82) is 0 Å². The number of carbonyl (C=O) groups is 2. The highest BCUT2D eigenvalue weighted by atomic mass is 16.5. The number of aromatic nitrogens is 1. The van der Waals surface area contributed by atoms with E-state index in [1.54, 1.807) is 35.0 Å². The zero-order valence-electron chi connectivity index (χ0n) is 17.0. The molecule has 8 nitrogen and oxygen atoms in total. The number of aryl methyl sites for hydroxylation is 1. The average Bonchev–Trinajstić information content (AvgIpc) is 3.02. The van der Waals surface area contributed by atoms with Crippen LogP contribution in [-0.4, -0.2) is 29.9 Å². The predicted molar refractivity (Wildman–Crippen MR) is 117 cm³/mol. The van der Waals surface area contributed by atoms with Gasteiger partial charge in [-0.2, -0.15) is 5.10 Å². The number of urea groups is 1. The van der Waals surface area contributed by atoms with Crippen LogP contribution >= 0.6 is 0 Å². The number of hydrogen-bond acceptors (Lipinski definition) is 4. The molecule has 0 fully saturated rings. The summed E-state index contributed by atoms with van der Waals surface area (Å²) in [6.45, 7) is 3.73. The van der Waals surface area contributed by atoms with Crippen LogP contribution in [0.5, 0.6) is 5.75 Å². The van der Waals surface area contributed by atoms with Crippen molar-refractivity contribution in [3.63, 3.8) is 0 Å². The van der Waals surface area contributed by atoms with Gasteiger partial charge in [-0.05, 0) is 44.2 Å². The lowest BCUT2D eigenvalue weighted by Crippen LogP contribution is -2.25. The first kappa shape index (κ1) is 20.7. The first-order chi connectivity index (χ1) is 14.5. The molecule has 0 unspecified atom stereocenters. The number of carbonyl (C=O) groups excluding carboxylic acids is 2. The largest absolute Gasteiger partial charge is 0.495 e. The Balaban J connectivity index is 1.64. The Morgan fingerprint density at radius 3 is 2.47 bits per heavy atom. The van der Waals surface area contributed by atoms with E-state index in [0.29, 0.717) is 17.0 Å². The van der Waals surface area contributed by atoms with Gasteiger partial charge in [0, 0.05) is 22.5 Å². The highest BCUT2D eigenvalue weighted by Crippen LogP contribution is 2.22. The van der Waals surface area contributed by atoms with Crippen LogP contribution in [0.4, 0.5) is 10.5 Å². The number of nitrogens with one attached hydrogen (secondary N) is 3. The normalized spacial score (nSPS) is 10.6. The fraction of sp³-hybridized carbons (Fsp3) is 0.136. The molecule has 3 N–H and O–H groups in total. The van der Waals surface area contributed by atoms with Crippen LogP contribution in [0.15, 0.2) is 65.8 Å². The zero-order valence-corrected chi connectivity index (χ0v) is 17.0. The van der Waals surface area contributed by atoms with Gasteiger partial charge in [-0.3, -0.25) is 14.9 Å². The van der Waals surface area contributed by atoms with Crippen molar-refractivity contribution in [1.82, 2.24) is 10.1 Å². The molecule has 0 atom stereocenters. The van der Waals surface area contributed by atoms with E-state index < -0.39 is 6.03 Å². The summed E-state index contributed by atoms with van der Waals surface area (Å²) in [4.78, 5) is 24.5. The van der Waals surface area contributed by atoms with E-state index >= 15 is 0 Å². The predicted octanol–water partition coefficient (Wildman–Crippen LogP) is 3.65. The van der Waals surface area contributed by atoms with Crippen LogP contribution in [0, 0.1) is 13.8 Å². The second-order valence-electron chi connectivity index (χ2n) is 6.49. The van der Waals surface area contributed by atoms with Gasteiger partial charge in [0.05, 0.1) is 19.0 Å². The van der Waals surface area contributed by atoms with Crippen LogP contribution in [0.1, 0.15) is 27.3 Å². The van der Waals surface area contributed by atoms with Crippen molar-refractivity contribution in [2.24, 2.45) is 5.10 Å². The zero-order chi connectivity index (χ0) is 21.5. The maximum absolute atomic E-state index is 12.4. The molecule has 0 bridgehead atoms. The van der Waals surface area contributed by atoms with Crippen molar-refractivity contribution in [2.75, 3.05) is 17.9 Å².